The van der Waals surface area contributed by atoms with Crippen LogP contribution in [0.4, 0.5) is 5.13 Å². The van der Waals surface area contributed by atoms with Crippen molar-refractivity contribution in [3.05, 3.63) is 41.2 Å². The molecule has 0 saturated carbocycles. The van der Waals surface area contributed by atoms with Crippen LogP contribution in [-0.4, -0.2) is 29.6 Å². The van der Waals surface area contributed by atoms with Crippen LogP contribution < -0.4 is 4.90 Å². The third-order valence-corrected chi connectivity index (χ3v) is 3.52. The minimum absolute atomic E-state index is 0.349. The molecule has 2 aromatic rings. The average Bonchev–Trinajstić information content (AvgIpc) is 2.94. The fourth-order valence-corrected chi connectivity index (χ4v) is 2.47. The number of esters is 1. The van der Waals surface area contributed by atoms with Gasteiger partial charge in [-0.3, -0.25) is 4.98 Å². The van der Waals surface area contributed by atoms with E-state index in [2.05, 4.69) is 19.6 Å². The first-order valence-corrected chi connectivity index (χ1v) is 6.81. The Labute approximate surface area is 115 Å². The summed E-state index contributed by atoms with van der Waals surface area (Å²) in [6, 6.07) is 5.81. The number of anilines is 1. The van der Waals surface area contributed by atoms with Gasteiger partial charge in [0.15, 0.2) is 10.8 Å². The summed E-state index contributed by atoms with van der Waals surface area (Å²) < 4.78 is 4.66. The lowest BCUT2D eigenvalue weighted by Gasteiger charge is -2.18. The van der Waals surface area contributed by atoms with Crippen molar-refractivity contribution in [1.82, 2.24) is 9.97 Å². The Morgan fingerprint density at radius 2 is 2.32 bits per heavy atom. The summed E-state index contributed by atoms with van der Waals surface area (Å²) in [4.78, 5) is 22.0. The highest BCUT2D eigenvalue weighted by atomic mass is 32.1. The third-order valence-electron chi connectivity index (χ3n) is 2.62. The van der Waals surface area contributed by atoms with Crippen LogP contribution in [0.2, 0.25) is 0 Å². The fourth-order valence-electron chi connectivity index (χ4n) is 1.61. The maximum absolute atomic E-state index is 11.4. The summed E-state index contributed by atoms with van der Waals surface area (Å²) in [5.74, 6) is -0.406. The number of thiazole rings is 1. The maximum Gasteiger partial charge on any atom is 0.357 e. The van der Waals surface area contributed by atoms with Crippen molar-refractivity contribution >= 4 is 22.4 Å². The van der Waals surface area contributed by atoms with E-state index in [-0.39, 0.29) is 0 Å². The second-order valence-corrected chi connectivity index (χ2v) is 4.68. The first-order valence-electron chi connectivity index (χ1n) is 5.93. The second-order valence-electron chi connectivity index (χ2n) is 3.84. The molecule has 0 radical (unpaired) electrons. The Morgan fingerprint density at radius 3 is 2.95 bits per heavy atom. The zero-order valence-electron chi connectivity index (χ0n) is 10.9. The topological polar surface area (TPSA) is 55.3 Å². The number of ether oxygens (including phenoxy) is 1. The molecule has 6 heteroatoms. The molecule has 0 unspecified atom stereocenters. The normalized spacial score (nSPS) is 10.2. The molecule has 0 aromatic carbocycles. The number of aromatic nitrogens is 2. The van der Waals surface area contributed by atoms with E-state index in [0.29, 0.717) is 12.2 Å². The summed E-state index contributed by atoms with van der Waals surface area (Å²) in [5, 5.41) is 2.51. The van der Waals surface area contributed by atoms with Gasteiger partial charge in [-0.15, -0.1) is 11.3 Å². The molecule has 0 atom stereocenters. The van der Waals surface area contributed by atoms with E-state index in [9.17, 15) is 4.79 Å². The molecular formula is C13H15N3O2S. The molecule has 19 heavy (non-hydrogen) atoms. The number of pyridine rings is 1. The molecule has 5 nitrogen and oxygen atoms in total. The van der Waals surface area contributed by atoms with Crippen LogP contribution in [0, 0.1) is 0 Å². The van der Waals surface area contributed by atoms with Gasteiger partial charge < -0.3 is 9.64 Å². The smallest absolute Gasteiger partial charge is 0.357 e. The van der Waals surface area contributed by atoms with Crippen LogP contribution in [0.1, 0.15) is 23.1 Å². The second kappa shape index (κ2) is 6.29. The molecular weight excluding hydrogens is 262 g/mol. The Morgan fingerprint density at radius 1 is 1.47 bits per heavy atom. The number of nitrogens with zero attached hydrogens (tertiary/aromatic N) is 3. The van der Waals surface area contributed by atoms with Gasteiger partial charge in [-0.2, -0.15) is 0 Å². The number of hydrogen-bond donors (Lipinski definition) is 0. The lowest BCUT2D eigenvalue weighted by atomic mass is 10.3. The first-order chi connectivity index (χ1) is 9.24. The van der Waals surface area contributed by atoms with Gasteiger partial charge in [0.2, 0.25) is 0 Å². The monoisotopic (exact) mass is 277 g/mol. The van der Waals surface area contributed by atoms with Crippen molar-refractivity contribution in [2.24, 2.45) is 0 Å². The largest absolute Gasteiger partial charge is 0.464 e. The quantitative estimate of drug-likeness (QED) is 0.785. The summed E-state index contributed by atoms with van der Waals surface area (Å²) in [7, 11) is 1.35. The van der Waals surface area contributed by atoms with E-state index in [1.807, 2.05) is 25.1 Å². The standard InChI is InChI=1S/C13H15N3O2S/c1-3-16(8-10-6-4-5-7-14-10)13-15-11(9-19-13)12(17)18-2/h4-7,9H,3,8H2,1-2H3. The number of rotatable bonds is 5. The molecule has 100 valence electrons. The number of carbonyl (C=O) groups is 1. The predicted molar refractivity (Wildman–Crippen MR) is 74.4 cm³/mol. The molecule has 0 N–H and O–H groups in total. The molecule has 0 fully saturated rings. The van der Waals surface area contributed by atoms with E-state index in [1.165, 1.54) is 18.4 Å². The highest BCUT2D eigenvalue weighted by Gasteiger charge is 2.15. The summed E-state index contributed by atoms with van der Waals surface area (Å²) in [6.07, 6.45) is 1.77. The Kier molecular flexibility index (Phi) is 4.46. The first kappa shape index (κ1) is 13.5. The molecule has 2 heterocycles. The Bertz CT molecular complexity index is 542. The lowest BCUT2D eigenvalue weighted by molar-refractivity contribution is 0.0595. The Balaban J connectivity index is 2.13. The van der Waals surface area contributed by atoms with Crippen LogP contribution in [0.25, 0.3) is 0 Å². The van der Waals surface area contributed by atoms with Gasteiger partial charge in [0.1, 0.15) is 0 Å². The summed E-state index contributed by atoms with van der Waals surface area (Å²) >= 11 is 1.43. The van der Waals surface area contributed by atoms with Crippen LogP contribution in [0.15, 0.2) is 29.8 Å². The number of methoxy groups -OCH3 is 1. The molecule has 0 saturated heterocycles. The van der Waals surface area contributed by atoms with Gasteiger partial charge in [0.25, 0.3) is 0 Å². The number of hydrogen-bond acceptors (Lipinski definition) is 6. The molecule has 2 aromatic heterocycles. The van der Waals surface area contributed by atoms with Gasteiger partial charge in [-0.05, 0) is 19.1 Å². The highest BCUT2D eigenvalue weighted by molar-refractivity contribution is 7.13. The van der Waals surface area contributed by atoms with Crippen molar-refractivity contribution < 1.29 is 9.53 Å². The van der Waals surface area contributed by atoms with E-state index in [0.717, 1.165) is 17.4 Å². The van der Waals surface area contributed by atoms with Crippen LogP contribution in [0.3, 0.4) is 0 Å². The third kappa shape index (κ3) is 3.29. The van der Waals surface area contributed by atoms with Gasteiger partial charge in [0.05, 0.1) is 19.3 Å². The zero-order valence-corrected chi connectivity index (χ0v) is 11.7. The van der Waals surface area contributed by atoms with Crippen molar-refractivity contribution in [3.63, 3.8) is 0 Å². The van der Waals surface area contributed by atoms with Crippen molar-refractivity contribution in [2.45, 2.75) is 13.5 Å². The summed E-state index contributed by atoms with van der Waals surface area (Å²) in [5.41, 5.74) is 1.32. The van der Waals surface area contributed by atoms with E-state index >= 15 is 0 Å². The van der Waals surface area contributed by atoms with Crippen LogP contribution in [-0.2, 0) is 11.3 Å². The van der Waals surface area contributed by atoms with E-state index in [1.54, 1.807) is 11.6 Å². The molecule has 0 amide bonds. The predicted octanol–water partition coefficient (Wildman–Crippen LogP) is 2.35. The van der Waals surface area contributed by atoms with E-state index < -0.39 is 5.97 Å². The van der Waals surface area contributed by atoms with E-state index in [4.69, 9.17) is 0 Å². The Hall–Kier alpha value is -1.95. The summed E-state index contributed by atoms with van der Waals surface area (Å²) in [6.45, 7) is 3.51. The SMILES string of the molecule is CCN(Cc1ccccn1)c1nc(C(=O)OC)cs1. The molecule has 2 rings (SSSR count). The van der Waals surface area contributed by atoms with Crippen molar-refractivity contribution in [3.8, 4) is 0 Å². The molecule has 0 aliphatic carbocycles. The van der Waals surface area contributed by atoms with Gasteiger partial charge in [-0.1, -0.05) is 6.07 Å². The molecule has 0 aliphatic rings. The minimum atomic E-state index is -0.406. The molecule has 0 aliphatic heterocycles. The minimum Gasteiger partial charge on any atom is -0.464 e. The molecule has 0 bridgehead atoms. The van der Waals surface area contributed by atoms with Gasteiger partial charge in [0, 0.05) is 18.1 Å². The van der Waals surface area contributed by atoms with Crippen LogP contribution >= 0.6 is 11.3 Å². The molecule has 0 spiro atoms. The van der Waals surface area contributed by atoms with Crippen molar-refractivity contribution in [1.29, 1.82) is 0 Å². The highest BCUT2D eigenvalue weighted by Crippen LogP contribution is 2.22. The fraction of sp³-hybridized carbons (Fsp3) is 0.308. The lowest BCUT2D eigenvalue weighted by Crippen LogP contribution is -2.22. The van der Waals surface area contributed by atoms with Gasteiger partial charge >= 0.3 is 5.97 Å². The number of carbonyl (C=O) groups excluding carboxylic acids is 1. The average molecular weight is 277 g/mol. The zero-order chi connectivity index (χ0) is 13.7. The van der Waals surface area contributed by atoms with Gasteiger partial charge in [-0.25, -0.2) is 9.78 Å². The maximum atomic E-state index is 11.4. The van der Waals surface area contributed by atoms with Crippen LogP contribution in [0.5, 0.6) is 0 Å². The van der Waals surface area contributed by atoms with Crippen molar-refractivity contribution in [2.75, 3.05) is 18.6 Å².